The van der Waals surface area contributed by atoms with Crippen molar-refractivity contribution in [3.8, 4) is 5.88 Å². The molecule has 0 aliphatic rings. The zero-order chi connectivity index (χ0) is 23.3. The molecular weight excluding hydrogens is 408 g/mol. The Morgan fingerprint density at radius 3 is 2.47 bits per heavy atom. The molecular formula is C24H28N4O4. The first-order chi connectivity index (χ1) is 15.3. The van der Waals surface area contributed by atoms with Gasteiger partial charge in [-0.2, -0.15) is 0 Å². The molecule has 2 aromatic carbocycles. The third kappa shape index (κ3) is 5.33. The van der Waals surface area contributed by atoms with Crippen molar-refractivity contribution in [1.82, 2.24) is 9.88 Å². The number of aromatic amines is 1. The van der Waals surface area contributed by atoms with Gasteiger partial charge in [-0.05, 0) is 63.5 Å². The van der Waals surface area contributed by atoms with Crippen molar-refractivity contribution in [2.24, 2.45) is 4.99 Å². The lowest BCUT2D eigenvalue weighted by atomic mass is 10.1. The first-order valence-electron chi connectivity index (χ1n) is 10.3. The van der Waals surface area contributed by atoms with Crippen LogP contribution in [-0.4, -0.2) is 67.4 Å². The van der Waals surface area contributed by atoms with Crippen LogP contribution < -0.4 is 4.90 Å². The van der Waals surface area contributed by atoms with Crippen LogP contribution in [0.5, 0.6) is 5.88 Å². The van der Waals surface area contributed by atoms with Gasteiger partial charge >= 0.3 is 5.97 Å². The Morgan fingerprint density at radius 1 is 1.12 bits per heavy atom. The minimum atomic E-state index is -0.447. The van der Waals surface area contributed by atoms with Crippen LogP contribution in [0.1, 0.15) is 29.3 Å². The number of aromatic nitrogens is 1. The van der Waals surface area contributed by atoms with E-state index in [2.05, 4.69) is 14.9 Å². The summed E-state index contributed by atoms with van der Waals surface area (Å²) in [5.74, 6) is -0.487. The number of carbonyl (C=O) groups is 2. The summed E-state index contributed by atoms with van der Waals surface area (Å²) in [5.41, 5.74) is 3.03. The SMILES string of the molecule is COC(=O)c1ccc2c(C=Nc3ccc(N(CCCN(C)C)C(C)=O)cc3)c(O)[nH]c2c1. The van der Waals surface area contributed by atoms with E-state index in [9.17, 15) is 14.7 Å². The van der Waals surface area contributed by atoms with E-state index in [4.69, 9.17) is 4.74 Å². The van der Waals surface area contributed by atoms with E-state index in [1.807, 2.05) is 38.4 Å². The van der Waals surface area contributed by atoms with Gasteiger partial charge in [-0.1, -0.05) is 6.07 Å². The Hall–Kier alpha value is -3.65. The molecule has 0 unspecified atom stereocenters. The monoisotopic (exact) mass is 436 g/mol. The van der Waals surface area contributed by atoms with Gasteiger partial charge < -0.3 is 24.6 Å². The summed E-state index contributed by atoms with van der Waals surface area (Å²) in [6.45, 7) is 3.11. The Balaban J connectivity index is 1.78. The summed E-state index contributed by atoms with van der Waals surface area (Å²) < 4.78 is 4.73. The van der Waals surface area contributed by atoms with Crippen LogP contribution >= 0.6 is 0 Å². The fourth-order valence-corrected chi connectivity index (χ4v) is 3.45. The smallest absolute Gasteiger partial charge is 0.337 e. The van der Waals surface area contributed by atoms with Crippen LogP contribution in [0.15, 0.2) is 47.5 Å². The molecule has 3 aromatic rings. The van der Waals surface area contributed by atoms with Crippen molar-refractivity contribution >= 4 is 40.4 Å². The zero-order valence-corrected chi connectivity index (χ0v) is 18.8. The van der Waals surface area contributed by atoms with Gasteiger partial charge in [-0.3, -0.25) is 9.79 Å². The molecule has 0 saturated carbocycles. The van der Waals surface area contributed by atoms with Crippen LogP contribution in [-0.2, 0) is 9.53 Å². The van der Waals surface area contributed by atoms with Crippen LogP contribution in [0.4, 0.5) is 11.4 Å². The summed E-state index contributed by atoms with van der Waals surface area (Å²) in [6, 6.07) is 12.4. The summed E-state index contributed by atoms with van der Waals surface area (Å²) in [5, 5.41) is 11.0. The molecule has 2 N–H and O–H groups in total. The van der Waals surface area contributed by atoms with Gasteiger partial charge in [0.1, 0.15) is 0 Å². The number of nitrogens with one attached hydrogen (secondary N) is 1. The van der Waals surface area contributed by atoms with Gasteiger partial charge in [-0.15, -0.1) is 0 Å². The molecule has 1 heterocycles. The highest BCUT2D eigenvalue weighted by molar-refractivity contribution is 6.04. The summed E-state index contributed by atoms with van der Waals surface area (Å²) in [6.07, 6.45) is 2.45. The van der Waals surface area contributed by atoms with E-state index in [0.717, 1.165) is 24.0 Å². The van der Waals surface area contributed by atoms with Crippen LogP contribution in [0, 0.1) is 0 Å². The molecule has 168 valence electrons. The number of benzene rings is 2. The van der Waals surface area contributed by atoms with Gasteiger partial charge in [-0.25, -0.2) is 4.79 Å². The molecule has 3 rings (SSSR count). The Bertz CT molecular complexity index is 1130. The molecule has 0 atom stereocenters. The van der Waals surface area contributed by atoms with Gasteiger partial charge in [0, 0.05) is 36.3 Å². The number of esters is 1. The van der Waals surface area contributed by atoms with Gasteiger partial charge in [0.25, 0.3) is 0 Å². The van der Waals surface area contributed by atoms with E-state index < -0.39 is 5.97 Å². The quantitative estimate of drug-likeness (QED) is 0.414. The number of methoxy groups -OCH3 is 1. The van der Waals surface area contributed by atoms with Gasteiger partial charge in [0.15, 0.2) is 5.88 Å². The second kappa shape index (κ2) is 10.1. The largest absolute Gasteiger partial charge is 0.494 e. The molecule has 1 aromatic heterocycles. The Kier molecular flexibility index (Phi) is 7.27. The van der Waals surface area contributed by atoms with Crippen molar-refractivity contribution in [1.29, 1.82) is 0 Å². The first-order valence-corrected chi connectivity index (χ1v) is 10.3. The number of amides is 1. The highest BCUT2D eigenvalue weighted by Gasteiger charge is 2.13. The van der Waals surface area contributed by atoms with Crippen LogP contribution in [0.25, 0.3) is 10.9 Å². The minimum absolute atomic E-state index is 0.00459. The third-order valence-electron chi connectivity index (χ3n) is 5.11. The van der Waals surface area contributed by atoms with E-state index in [0.29, 0.717) is 28.9 Å². The molecule has 0 fully saturated rings. The van der Waals surface area contributed by atoms with Crippen LogP contribution in [0.2, 0.25) is 0 Å². The number of aromatic hydroxyl groups is 1. The molecule has 8 nitrogen and oxygen atoms in total. The number of hydrogen-bond acceptors (Lipinski definition) is 6. The molecule has 0 bridgehead atoms. The number of ether oxygens (including phenoxy) is 1. The molecule has 1 amide bonds. The minimum Gasteiger partial charge on any atom is -0.494 e. The van der Waals surface area contributed by atoms with E-state index in [1.54, 1.807) is 36.2 Å². The molecule has 0 aliphatic heterocycles. The summed E-state index contributed by atoms with van der Waals surface area (Å²) in [4.78, 5) is 34.9. The molecule has 0 radical (unpaired) electrons. The summed E-state index contributed by atoms with van der Waals surface area (Å²) >= 11 is 0. The van der Waals surface area contributed by atoms with Gasteiger partial charge in [0.05, 0.1) is 23.9 Å². The Labute approximate surface area is 187 Å². The number of carbonyl (C=O) groups excluding carboxylic acids is 2. The standard InChI is InChI=1S/C24H28N4O4/c1-16(29)28(13-5-12-27(2)3)19-9-7-18(8-10-19)25-15-21-20-11-6-17(24(31)32-4)14-22(20)26-23(21)30/h6-11,14-15,26,30H,5,12-13H2,1-4H3. The van der Waals surface area contributed by atoms with Crippen molar-refractivity contribution in [2.75, 3.05) is 39.2 Å². The number of anilines is 1. The first kappa shape index (κ1) is 23.0. The Morgan fingerprint density at radius 2 is 1.84 bits per heavy atom. The van der Waals surface area contributed by atoms with E-state index >= 15 is 0 Å². The second-order valence-electron chi connectivity index (χ2n) is 7.74. The number of rotatable bonds is 8. The van der Waals surface area contributed by atoms with Crippen molar-refractivity contribution in [3.05, 3.63) is 53.6 Å². The lowest BCUT2D eigenvalue weighted by Crippen LogP contribution is -2.31. The van der Waals surface area contributed by atoms with Crippen molar-refractivity contribution in [2.45, 2.75) is 13.3 Å². The molecule has 0 saturated heterocycles. The van der Waals surface area contributed by atoms with Crippen molar-refractivity contribution < 1.29 is 19.4 Å². The topological polar surface area (TPSA) is 98.2 Å². The predicted molar refractivity (Wildman–Crippen MR) is 126 cm³/mol. The fourth-order valence-electron chi connectivity index (χ4n) is 3.45. The number of H-pyrrole nitrogens is 1. The average Bonchev–Trinajstić information content (AvgIpc) is 3.08. The van der Waals surface area contributed by atoms with Crippen LogP contribution in [0.3, 0.4) is 0 Å². The molecule has 0 spiro atoms. The number of fused-ring (bicyclic) bond motifs is 1. The van der Waals surface area contributed by atoms with E-state index in [-0.39, 0.29) is 11.8 Å². The summed E-state index contributed by atoms with van der Waals surface area (Å²) in [7, 11) is 5.34. The number of aliphatic imine (C=N–C) groups is 1. The normalized spacial score (nSPS) is 11.4. The zero-order valence-electron chi connectivity index (χ0n) is 18.8. The maximum atomic E-state index is 12.1. The molecule has 32 heavy (non-hydrogen) atoms. The maximum absolute atomic E-state index is 12.1. The molecule has 0 aliphatic carbocycles. The highest BCUT2D eigenvalue weighted by Crippen LogP contribution is 2.28. The fraction of sp³-hybridized carbons (Fsp3) is 0.292. The van der Waals surface area contributed by atoms with Crippen molar-refractivity contribution in [3.63, 3.8) is 0 Å². The molecule has 8 heteroatoms. The average molecular weight is 437 g/mol. The lowest BCUT2D eigenvalue weighted by Gasteiger charge is -2.22. The predicted octanol–water partition coefficient (Wildman–Crippen LogP) is 3.72. The number of nitrogens with zero attached hydrogens (tertiary/aromatic N) is 3. The maximum Gasteiger partial charge on any atom is 0.337 e. The number of hydrogen-bond donors (Lipinski definition) is 2. The third-order valence-corrected chi connectivity index (χ3v) is 5.11. The van der Waals surface area contributed by atoms with E-state index in [1.165, 1.54) is 7.11 Å². The van der Waals surface area contributed by atoms with Gasteiger partial charge in [0.2, 0.25) is 5.91 Å². The highest BCUT2D eigenvalue weighted by atomic mass is 16.5. The second-order valence-corrected chi connectivity index (χ2v) is 7.74. The lowest BCUT2D eigenvalue weighted by molar-refractivity contribution is -0.116.